The number of carbonyl (C=O) groups is 2. The fourth-order valence-electron chi connectivity index (χ4n) is 1.92. The Bertz CT molecular complexity index is 574. The Morgan fingerprint density at radius 1 is 1.13 bits per heavy atom. The molecule has 6 nitrogen and oxygen atoms in total. The third-order valence-corrected chi connectivity index (χ3v) is 3.54. The molecule has 126 valence electrons. The largest absolute Gasteiger partial charge is 0.497 e. The standard InChI is InChI=1S/C17H23NO5/c1-6-17(2,16(20)23-5)18-15(19)8-7-12-9-13(21-3)11-14(10-12)22-4/h7-11H,6H2,1-5H3,(H,18,19). The van der Waals surface area contributed by atoms with Gasteiger partial charge in [-0.25, -0.2) is 4.79 Å². The molecular weight excluding hydrogens is 298 g/mol. The molecule has 1 N–H and O–H groups in total. The van der Waals surface area contributed by atoms with Crippen LogP contribution in [0.25, 0.3) is 6.08 Å². The first-order chi connectivity index (χ1) is 10.9. The van der Waals surface area contributed by atoms with Crippen LogP contribution in [-0.4, -0.2) is 38.7 Å². The van der Waals surface area contributed by atoms with Gasteiger partial charge in [0.25, 0.3) is 0 Å². The monoisotopic (exact) mass is 321 g/mol. The number of rotatable bonds is 7. The molecule has 0 bridgehead atoms. The van der Waals surface area contributed by atoms with Crippen LogP contribution in [0.5, 0.6) is 11.5 Å². The van der Waals surface area contributed by atoms with Crippen LogP contribution in [0.1, 0.15) is 25.8 Å². The van der Waals surface area contributed by atoms with Crippen LogP contribution in [-0.2, 0) is 14.3 Å². The predicted octanol–water partition coefficient (Wildman–Crippen LogP) is 2.17. The summed E-state index contributed by atoms with van der Waals surface area (Å²) in [7, 11) is 4.40. The van der Waals surface area contributed by atoms with E-state index >= 15 is 0 Å². The van der Waals surface area contributed by atoms with E-state index in [2.05, 4.69) is 5.32 Å². The molecule has 1 aromatic rings. The Kier molecular flexibility index (Phi) is 6.63. The van der Waals surface area contributed by atoms with Gasteiger partial charge in [-0.3, -0.25) is 4.79 Å². The van der Waals surface area contributed by atoms with E-state index in [4.69, 9.17) is 14.2 Å². The van der Waals surface area contributed by atoms with Gasteiger partial charge >= 0.3 is 5.97 Å². The normalized spacial score (nSPS) is 13.3. The van der Waals surface area contributed by atoms with E-state index in [0.717, 1.165) is 5.56 Å². The highest BCUT2D eigenvalue weighted by Gasteiger charge is 2.33. The van der Waals surface area contributed by atoms with E-state index in [0.29, 0.717) is 17.9 Å². The Labute approximate surface area is 136 Å². The first-order valence-corrected chi connectivity index (χ1v) is 7.20. The van der Waals surface area contributed by atoms with Crippen LogP contribution in [0.4, 0.5) is 0 Å². The lowest BCUT2D eigenvalue weighted by Crippen LogP contribution is -2.51. The average Bonchev–Trinajstić information content (AvgIpc) is 2.58. The molecule has 1 amide bonds. The lowest BCUT2D eigenvalue weighted by atomic mass is 9.99. The summed E-state index contributed by atoms with van der Waals surface area (Å²) in [5, 5.41) is 2.66. The molecular formula is C17H23NO5. The fourth-order valence-corrected chi connectivity index (χ4v) is 1.92. The van der Waals surface area contributed by atoms with Crippen LogP contribution >= 0.6 is 0 Å². The maximum atomic E-state index is 12.1. The summed E-state index contributed by atoms with van der Waals surface area (Å²) in [4.78, 5) is 23.8. The Morgan fingerprint density at radius 3 is 2.13 bits per heavy atom. The van der Waals surface area contributed by atoms with Crippen molar-refractivity contribution in [2.75, 3.05) is 21.3 Å². The smallest absolute Gasteiger partial charge is 0.331 e. The van der Waals surface area contributed by atoms with Gasteiger partial charge < -0.3 is 19.5 Å². The van der Waals surface area contributed by atoms with Gasteiger partial charge in [0.15, 0.2) is 0 Å². The third-order valence-electron chi connectivity index (χ3n) is 3.54. The first kappa shape index (κ1) is 18.5. The second-order valence-electron chi connectivity index (χ2n) is 5.15. The number of hydrogen-bond donors (Lipinski definition) is 1. The summed E-state index contributed by atoms with van der Waals surface area (Å²) < 4.78 is 15.1. The summed E-state index contributed by atoms with van der Waals surface area (Å²) in [5.41, 5.74) is -0.310. The number of amides is 1. The Morgan fingerprint density at radius 2 is 1.70 bits per heavy atom. The zero-order valence-electron chi connectivity index (χ0n) is 14.1. The van der Waals surface area contributed by atoms with Crippen LogP contribution < -0.4 is 14.8 Å². The Hall–Kier alpha value is -2.50. The summed E-state index contributed by atoms with van der Waals surface area (Å²) in [6.07, 6.45) is 3.39. The van der Waals surface area contributed by atoms with Gasteiger partial charge in [0, 0.05) is 12.1 Å². The molecule has 1 rings (SSSR count). The molecule has 0 aliphatic heterocycles. The van der Waals surface area contributed by atoms with Crippen molar-refractivity contribution >= 4 is 18.0 Å². The Balaban J connectivity index is 2.88. The van der Waals surface area contributed by atoms with Crippen LogP contribution in [0, 0.1) is 0 Å². The minimum Gasteiger partial charge on any atom is -0.497 e. The molecule has 1 unspecified atom stereocenters. The van der Waals surface area contributed by atoms with Crippen molar-refractivity contribution in [2.45, 2.75) is 25.8 Å². The van der Waals surface area contributed by atoms with Crippen molar-refractivity contribution in [2.24, 2.45) is 0 Å². The molecule has 0 spiro atoms. The van der Waals surface area contributed by atoms with Crippen LogP contribution in [0.2, 0.25) is 0 Å². The zero-order valence-corrected chi connectivity index (χ0v) is 14.1. The first-order valence-electron chi connectivity index (χ1n) is 7.20. The van der Waals surface area contributed by atoms with E-state index in [-0.39, 0.29) is 5.91 Å². The summed E-state index contributed by atoms with van der Waals surface area (Å²) >= 11 is 0. The van der Waals surface area contributed by atoms with Crippen molar-refractivity contribution < 1.29 is 23.8 Å². The molecule has 23 heavy (non-hydrogen) atoms. The summed E-state index contributed by atoms with van der Waals surface area (Å²) in [6.45, 7) is 3.42. The average molecular weight is 321 g/mol. The van der Waals surface area contributed by atoms with Gasteiger partial charge in [-0.1, -0.05) is 6.92 Å². The minimum atomic E-state index is -1.05. The van der Waals surface area contributed by atoms with Crippen LogP contribution in [0.3, 0.4) is 0 Å². The number of nitrogens with one attached hydrogen (secondary N) is 1. The molecule has 0 aromatic heterocycles. The maximum Gasteiger partial charge on any atom is 0.331 e. The number of carbonyl (C=O) groups excluding carboxylic acids is 2. The molecule has 0 heterocycles. The fraction of sp³-hybridized carbons (Fsp3) is 0.412. The van der Waals surface area contributed by atoms with Gasteiger partial charge in [-0.15, -0.1) is 0 Å². The molecule has 1 aromatic carbocycles. The topological polar surface area (TPSA) is 73.9 Å². The van der Waals surface area contributed by atoms with E-state index in [9.17, 15) is 9.59 Å². The number of hydrogen-bond acceptors (Lipinski definition) is 5. The number of ether oxygens (including phenoxy) is 3. The molecule has 0 saturated carbocycles. The van der Waals surface area contributed by atoms with Crippen molar-refractivity contribution in [3.05, 3.63) is 29.8 Å². The SMILES string of the molecule is CCC(C)(NC(=O)C=Cc1cc(OC)cc(OC)c1)C(=O)OC. The summed E-state index contributed by atoms with van der Waals surface area (Å²) in [6, 6.07) is 5.28. The van der Waals surface area contributed by atoms with Crippen molar-refractivity contribution in [3.8, 4) is 11.5 Å². The third kappa shape index (κ3) is 5.02. The van der Waals surface area contributed by atoms with Gasteiger partial charge in [0.2, 0.25) is 5.91 Å². The molecule has 1 atom stereocenters. The zero-order chi connectivity index (χ0) is 17.5. The van der Waals surface area contributed by atoms with Gasteiger partial charge in [0.05, 0.1) is 21.3 Å². The van der Waals surface area contributed by atoms with E-state index in [1.807, 2.05) is 0 Å². The lowest BCUT2D eigenvalue weighted by Gasteiger charge is -2.25. The quantitative estimate of drug-likeness (QED) is 0.615. The highest BCUT2D eigenvalue weighted by molar-refractivity contribution is 5.96. The molecule has 0 saturated heterocycles. The van der Waals surface area contributed by atoms with Crippen molar-refractivity contribution in [1.82, 2.24) is 5.32 Å². The van der Waals surface area contributed by atoms with Gasteiger partial charge in [-0.2, -0.15) is 0 Å². The van der Waals surface area contributed by atoms with E-state index in [1.54, 1.807) is 52.3 Å². The van der Waals surface area contributed by atoms with Gasteiger partial charge in [0.1, 0.15) is 17.0 Å². The lowest BCUT2D eigenvalue weighted by molar-refractivity contribution is -0.149. The number of methoxy groups -OCH3 is 3. The van der Waals surface area contributed by atoms with E-state index in [1.165, 1.54) is 13.2 Å². The molecule has 0 radical (unpaired) electrons. The maximum absolute atomic E-state index is 12.1. The second-order valence-corrected chi connectivity index (χ2v) is 5.15. The second kappa shape index (κ2) is 8.22. The highest BCUT2D eigenvalue weighted by atomic mass is 16.5. The van der Waals surface area contributed by atoms with Crippen LogP contribution in [0.15, 0.2) is 24.3 Å². The molecule has 0 fully saturated rings. The predicted molar refractivity (Wildman–Crippen MR) is 87.4 cm³/mol. The molecule has 0 aliphatic rings. The number of benzene rings is 1. The van der Waals surface area contributed by atoms with Gasteiger partial charge in [-0.05, 0) is 37.1 Å². The van der Waals surface area contributed by atoms with E-state index < -0.39 is 11.5 Å². The van der Waals surface area contributed by atoms with Crippen molar-refractivity contribution in [3.63, 3.8) is 0 Å². The highest BCUT2D eigenvalue weighted by Crippen LogP contribution is 2.23. The van der Waals surface area contributed by atoms with Crippen molar-refractivity contribution in [1.29, 1.82) is 0 Å². The number of esters is 1. The molecule has 0 aliphatic carbocycles. The minimum absolute atomic E-state index is 0.387. The summed E-state index contributed by atoms with van der Waals surface area (Å²) in [5.74, 6) is 0.376. The molecule has 6 heteroatoms.